The summed E-state index contributed by atoms with van der Waals surface area (Å²) >= 11 is 3.20. The Bertz CT molecular complexity index is 971. The lowest BCUT2D eigenvalue weighted by Gasteiger charge is -2.24. The third-order valence-electron chi connectivity index (χ3n) is 4.79. The van der Waals surface area contributed by atoms with Crippen LogP contribution in [0.25, 0.3) is 4.96 Å². The number of fused-ring (bicyclic) bond motifs is 2. The molecule has 0 unspecified atom stereocenters. The summed E-state index contributed by atoms with van der Waals surface area (Å²) in [6.07, 6.45) is 3.78. The molecule has 0 bridgehead atoms. The second-order valence-electron chi connectivity index (χ2n) is 6.54. The first-order valence-corrected chi connectivity index (χ1v) is 10.3. The summed E-state index contributed by atoms with van der Waals surface area (Å²) in [5.41, 5.74) is 2.71. The van der Waals surface area contributed by atoms with E-state index in [9.17, 15) is 9.59 Å². The quantitative estimate of drug-likeness (QED) is 0.691. The number of carbonyl (C=O) groups excluding carboxylic acids is 2. The highest BCUT2D eigenvalue weighted by Gasteiger charge is 2.26. The van der Waals surface area contributed by atoms with Crippen molar-refractivity contribution < 1.29 is 9.59 Å². The van der Waals surface area contributed by atoms with E-state index in [0.717, 1.165) is 39.6 Å². The van der Waals surface area contributed by atoms with E-state index in [1.807, 2.05) is 34.3 Å². The third kappa shape index (κ3) is 3.03. The van der Waals surface area contributed by atoms with E-state index in [1.54, 1.807) is 39.5 Å². The summed E-state index contributed by atoms with van der Waals surface area (Å²) in [6.45, 7) is 3.19. The molecule has 1 aliphatic heterocycles. The molecule has 4 rings (SSSR count). The molecule has 2 amide bonds. The molecule has 1 aliphatic rings. The first-order valence-electron chi connectivity index (χ1n) is 8.55. The number of nitrogens with zero attached hydrogens (tertiary/aromatic N) is 4. The van der Waals surface area contributed by atoms with Crippen molar-refractivity contribution in [2.45, 2.75) is 26.3 Å². The smallest absolute Gasteiger partial charge is 0.255 e. The highest BCUT2D eigenvalue weighted by Crippen LogP contribution is 2.24. The average Bonchev–Trinajstić information content (AvgIpc) is 3.30. The SMILES string of the molecule is Cc1nc2sccn2c1CN(C)C(=O)CN1CCCc2sccc2C1=O. The molecule has 0 saturated carbocycles. The number of thiazole rings is 1. The fourth-order valence-corrected chi connectivity index (χ4v) is 5.00. The predicted molar refractivity (Wildman–Crippen MR) is 103 cm³/mol. The minimum Gasteiger partial charge on any atom is -0.338 e. The zero-order valence-electron chi connectivity index (χ0n) is 14.8. The van der Waals surface area contributed by atoms with Gasteiger partial charge in [0.25, 0.3) is 5.91 Å². The second kappa shape index (κ2) is 6.85. The predicted octanol–water partition coefficient (Wildman–Crippen LogP) is 2.81. The maximum Gasteiger partial charge on any atom is 0.255 e. The van der Waals surface area contributed by atoms with Gasteiger partial charge >= 0.3 is 0 Å². The first kappa shape index (κ1) is 17.2. The molecule has 8 heteroatoms. The van der Waals surface area contributed by atoms with E-state index in [2.05, 4.69) is 4.98 Å². The van der Waals surface area contributed by atoms with Crippen molar-refractivity contribution in [1.29, 1.82) is 0 Å². The van der Waals surface area contributed by atoms with Gasteiger partial charge in [0.1, 0.15) is 6.54 Å². The molecular weight excluding hydrogens is 368 g/mol. The van der Waals surface area contributed by atoms with Gasteiger partial charge in [0.2, 0.25) is 5.91 Å². The summed E-state index contributed by atoms with van der Waals surface area (Å²) in [5.74, 6) is -0.0807. The van der Waals surface area contributed by atoms with Gasteiger partial charge in [-0.15, -0.1) is 22.7 Å². The Morgan fingerprint density at radius 1 is 1.35 bits per heavy atom. The molecule has 6 nitrogen and oxygen atoms in total. The Labute approximate surface area is 159 Å². The molecule has 26 heavy (non-hydrogen) atoms. The van der Waals surface area contributed by atoms with Crippen LogP contribution in [0.5, 0.6) is 0 Å². The maximum absolute atomic E-state index is 12.7. The van der Waals surface area contributed by atoms with Crippen LogP contribution in [0.15, 0.2) is 23.0 Å². The van der Waals surface area contributed by atoms with E-state index in [0.29, 0.717) is 13.1 Å². The number of carbonyl (C=O) groups is 2. The average molecular weight is 389 g/mol. The van der Waals surface area contributed by atoms with Crippen LogP contribution in [0.3, 0.4) is 0 Å². The highest BCUT2D eigenvalue weighted by atomic mass is 32.1. The summed E-state index contributed by atoms with van der Waals surface area (Å²) < 4.78 is 2.03. The van der Waals surface area contributed by atoms with Gasteiger partial charge in [-0.1, -0.05) is 0 Å². The molecule has 0 aliphatic carbocycles. The van der Waals surface area contributed by atoms with Gasteiger partial charge in [0, 0.05) is 30.0 Å². The largest absolute Gasteiger partial charge is 0.338 e. The number of hydrogen-bond acceptors (Lipinski definition) is 5. The lowest BCUT2D eigenvalue weighted by molar-refractivity contribution is -0.131. The Morgan fingerprint density at radius 3 is 3.04 bits per heavy atom. The normalized spacial score (nSPS) is 14.5. The monoisotopic (exact) mass is 388 g/mol. The number of aromatic nitrogens is 2. The lowest BCUT2D eigenvalue weighted by atomic mass is 10.2. The number of thiophene rings is 1. The van der Waals surface area contributed by atoms with E-state index in [-0.39, 0.29) is 18.4 Å². The van der Waals surface area contributed by atoms with Crippen LogP contribution in [-0.4, -0.2) is 51.1 Å². The molecule has 0 saturated heterocycles. The molecule has 0 aromatic carbocycles. The fourth-order valence-electron chi connectivity index (χ4n) is 3.31. The van der Waals surface area contributed by atoms with Crippen LogP contribution >= 0.6 is 22.7 Å². The fraction of sp³-hybridized carbons (Fsp3) is 0.389. The van der Waals surface area contributed by atoms with Crippen molar-refractivity contribution in [3.8, 4) is 0 Å². The Morgan fingerprint density at radius 2 is 2.19 bits per heavy atom. The van der Waals surface area contributed by atoms with Gasteiger partial charge < -0.3 is 9.80 Å². The van der Waals surface area contributed by atoms with Gasteiger partial charge in [0.15, 0.2) is 4.96 Å². The third-order valence-corrected chi connectivity index (χ3v) is 6.53. The number of likely N-dealkylation sites (N-methyl/N-ethyl adjacent to an activating group) is 1. The summed E-state index contributed by atoms with van der Waals surface area (Å²) in [5, 5.41) is 3.94. The molecule has 0 N–H and O–H groups in total. The first-order chi connectivity index (χ1) is 12.5. The minimum absolute atomic E-state index is 0.0266. The summed E-state index contributed by atoms with van der Waals surface area (Å²) in [6, 6.07) is 1.87. The van der Waals surface area contributed by atoms with Gasteiger partial charge in [-0.25, -0.2) is 4.98 Å². The molecule has 3 aromatic heterocycles. The van der Waals surface area contributed by atoms with Crippen molar-refractivity contribution in [3.05, 3.63) is 44.9 Å². The lowest BCUT2D eigenvalue weighted by Crippen LogP contribution is -2.41. The Balaban J connectivity index is 1.47. The van der Waals surface area contributed by atoms with E-state index < -0.39 is 0 Å². The second-order valence-corrected chi connectivity index (χ2v) is 8.41. The van der Waals surface area contributed by atoms with Crippen molar-refractivity contribution in [3.63, 3.8) is 0 Å². The van der Waals surface area contributed by atoms with Crippen LogP contribution in [0, 0.1) is 6.92 Å². The van der Waals surface area contributed by atoms with Gasteiger partial charge in [-0.2, -0.15) is 0 Å². The molecule has 0 fully saturated rings. The number of imidazole rings is 1. The topological polar surface area (TPSA) is 57.9 Å². The van der Waals surface area contributed by atoms with Crippen LogP contribution in [0.1, 0.15) is 33.0 Å². The van der Waals surface area contributed by atoms with Crippen LogP contribution in [-0.2, 0) is 17.8 Å². The van der Waals surface area contributed by atoms with Crippen molar-refractivity contribution >= 4 is 39.4 Å². The van der Waals surface area contributed by atoms with Crippen molar-refractivity contribution in [1.82, 2.24) is 19.2 Å². The number of hydrogen-bond donors (Lipinski definition) is 0. The molecular formula is C18H20N4O2S2. The zero-order chi connectivity index (χ0) is 18.3. The molecule has 4 heterocycles. The molecule has 0 spiro atoms. The van der Waals surface area contributed by atoms with E-state index >= 15 is 0 Å². The number of aryl methyl sites for hydroxylation is 2. The molecule has 0 radical (unpaired) electrons. The Hall–Kier alpha value is -2.19. The van der Waals surface area contributed by atoms with Crippen LogP contribution in [0.4, 0.5) is 0 Å². The van der Waals surface area contributed by atoms with Gasteiger partial charge in [-0.3, -0.25) is 14.0 Å². The number of amides is 2. The minimum atomic E-state index is -0.0541. The summed E-state index contributed by atoms with van der Waals surface area (Å²) in [7, 11) is 1.78. The van der Waals surface area contributed by atoms with Crippen LogP contribution < -0.4 is 0 Å². The van der Waals surface area contributed by atoms with Crippen molar-refractivity contribution in [2.24, 2.45) is 0 Å². The Kier molecular flexibility index (Phi) is 4.54. The maximum atomic E-state index is 12.7. The van der Waals surface area contributed by atoms with E-state index in [1.165, 1.54) is 0 Å². The molecule has 0 atom stereocenters. The standard InChI is InChI=1S/C18H20N4O2S2/c1-12-14(22-7-9-26-18(22)19-12)10-20(2)16(23)11-21-6-3-4-15-13(17(21)24)5-8-25-15/h5,7-9H,3-4,6,10-11H2,1-2H3. The zero-order valence-corrected chi connectivity index (χ0v) is 16.4. The molecule has 3 aromatic rings. The van der Waals surface area contributed by atoms with Crippen LogP contribution in [0.2, 0.25) is 0 Å². The van der Waals surface area contributed by atoms with Crippen molar-refractivity contribution in [2.75, 3.05) is 20.1 Å². The van der Waals surface area contributed by atoms with Gasteiger partial charge in [0.05, 0.1) is 23.5 Å². The number of rotatable bonds is 4. The highest BCUT2D eigenvalue weighted by molar-refractivity contribution is 7.15. The van der Waals surface area contributed by atoms with E-state index in [4.69, 9.17) is 0 Å². The summed E-state index contributed by atoms with van der Waals surface area (Å²) in [4.78, 5) is 35.4. The molecule has 136 valence electrons. The van der Waals surface area contributed by atoms with Gasteiger partial charge in [-0.05, 0) is 31.2 Å².